The first-order valence-electron chi connectivity index (χ1n) is 6.76. The molecule has 1 atom stereocenters. The lowest BCUT2D eigenvalue weighted by Gasteiger charge is -2.30. The van der Waals surface area contributed by atoms with Gasteiger partial charge < -0.3 is 15.8 Å². The second-order valence-electron chi connectivity index (χ2n) is 5.46. The minimum Gasteiger partial charge on any atom is -0.409 e. The van der Waals surface area contributed by atoms with Gasteiger partial charge in [-0.3, -0.25) is 0 Å². The van der Waals surface area contributed by atoms with Gasteiger partial charge in [-0.05, 0) is 37.8 Å². The molecule has 1 unspecified atom stereocenters. The molecule has 2 heterocycles. The number of aryl methyl sites for hydroxylation is 1. The summed E-state index contributed by atoms with van der Waals surface area (Å²) in [5.41, 5.74) is 7.42. The Balaban J connectivity index is 2.45. The third-order valence-corrected chi connectivity index (χ3v) is 3.74. The highest BCUT2D eigenvalue weighted by Gasteiger charge is 2.30. The van der Waals surface area contributed by atoms with Crippen LogP contribution in [0.25, 0.3) is 0 Å². The summed E-state index contributed by atoms with van der Waals surface area (Å²) in [6, 6.07) is 4.24. The average molecular weight is 262 g/mol. The molecular formula is C14H22N4O. The zero-order valence-electron chi connectivity index (χ0n) is 11.8. The van der Waals surface area contributed by atoms with Gasteiger partial charge in [0.2, 0.25) is 0 Å². The molecular weight excluding hydrogens is 240 g/mol. The van der Waals surface area contributed by atoms with E-state index in [0.29, 0.717) is 17.5 Å². The van der Waals surface area contributed by atoms with Gasteiger partial charge in [0.1, 0.15) is 5.82 Å². The van der Waals surface area contributed by atoms with E-state index in [4.69, 9.17) is 10.9 Å². The van der Waals surface area contributed by atoms with E-state index in [1.165, 1.54) is 6.42 Å². The van der Waals surface area contributed by atoms with Crippen molar-refractivity contribution in [3.8, 4) is 0 Å². The lowest BCUT2D eigenvalue weighted by Crippen LogP contribution is -2.36. The van der Waals surface area contributed by atoms with Crippen molar-refractivity contribution >= 4 is 11.7 Å². The number of amidine groups is 1. The summed E-state index contributed by atoms with van der Waals surface area (Å²) in [5, 5.41) is 12.0. The maximum Gasteiger partial charge on any atom is 0.173 e. The molecule has 1 aromatic heterocycles. The van der Waals surface area contributed by atoms with Crippen molar-refractivity contribution in [3.05, 3.63) is 23.4 Å². The number of pyridine rings is 1. The van der Waals surface area contributed by atoms with E-state index >= 15 is 0 Å². The molecule has 2 rings (SSSR count). The molecule has 0 aromatic carbocycles. The maximum absolute atomic E-state index is 8.92. The van der Waals surface area contributed by atoms with E-state index in [-0.39, 0.29) is 5.84 Å². The highest BCUT2D eigenvalue weighted by atomic mass is 16.4. The molecule has 0 aliphatic carbocycles. The highest BCUT2D eigenvalue weighted by molar-refractivity contribution is 6.01. The van der Waals surface area contributed by atoms with Crippen molar-refractivity contribution < 1.29 is 5.21 Å². The standard InChI is InChI=1S/C14H22N4O/c1-9(2)12-5-4-8-18(12)14-11(13(15)17-19)7-6-10(3)16-14/h6-7,9,12,19H,4-5,8H2,1-3H3,(H2,15,17). The number of nitrogens with two attached hydrogens (primary N) is 1. The van der Waals surface area contributed by atoms with Gasteiger partial charge in [0.05, 0.1) is 5.56 Å². The lowest BCUT2D eigenvalue weighted by molar-refractivity contribution is 0.318. The highest BCUT2D eigenvalue weighted by Crippen LogP contribution is 2.30. The second-order valence-corrected chi connectivity index (χ2v) is 5.46. The third kappa shape index (κ3) is 2.64. The number of aromatic nitrogens is 1. The van der Waals surface area contributed by atoms with E-state index in [1.54, 1.807) is 0 Å². The first kappa shape index (κ1) is 13.6. The maximum atomic E-state index is 8.92. The molecule has 1 fully saturated rings. The van der Waals surface area contributed by atoms with E-state index in [0.717, 1.165) is 24.5 Å². The van der Waals surface area contributed by atoms with Crippen molar-refractivity contribution in [2.24, 2.45) is 16.8 Å². The Bertz CT molecular complexity index is 484. The lowest BCUT2D eigenvalue weighted by atomic mass is 10.0. The van der Waals surface area contributed by atoms with E-state index < -0.39 is 0 Å². The zero-order valence-corrected chi connectivity index (χ0v) is 11.8. The van der Waals surface area contributed by atoms with Gasteiger partial charge in [-0.2, -0.15) is 0 Å². The Morgan fingerprint density at radius 3 is 2.89 bits per heavy atom. The van der Waals surface area contributed by atoms with Crippen molar-refractivity contribution in [1.82, 2.24) is 4.98 Å². The molecule has 0 radical (unpaired) electrons. The molecule has 0 amide bonds. The van der Waals surface area contributed by atoms with Gasteiger partial charge in [0.15, 0.2) is 5.84 Å². The number of anilines is 1. The molecule has 1 saturated heterocycles. The summed E-state index contributed by atoms with van der Waals surface area (Å²) in [5.74, 6) is 1.52. The minimum atomic E-state index is 0.122. The largest absolute Gasteiger partial charge is 0.409 e. The molecule has 1 aromatic rings. The van der Waals surface area contributed by atoms with Crippen LogP contribution < -0.4 is 10.6 Å². The Morgan fingerprint density at radius 2 is 2.26 bits per heavy atom. The quantitative estimate of drug-likeness (QED) is 0.378. The van der Waals surface area contributed by atoms with Crippen LogP contribution in [0.15, 0.2) is 17.3 Å². The number of hydrogen-bond donors (Lipinski definition) is 2. The summed E-state index contributed by atoms with van der Waals surface area (Å²) in [7, 11) is 0. The van der Waals surface area contributed by atoms with E-state index in [1.807, 2.05) is 19.1 Å². The molecule has 0 saturated carbocycles. The summed E-state index contributed by atoms with van der Waals surface area (Å²) >= 11 is 0. The Hall–Kier alpha value is -1.78. The molecule has 1 aliphatic heterocycles. The van der Waals surface area contributed by atoms with Crippen LogP contribution in [0.1, 0.15) is 37.9 Å². The normalized spacial score (nSPS) is 20.3. The third-order valence-electron chi connectivity index (χ3n) is 3.74. The minimum absolute atomic E-state index is 0.122. The SMILES string of the molecule is Cc1ccc(C(N)=NO)c(N2CCCC2C(C)C)n1. The molecule has 3 N–H and O–H groups in total. The summed E-state index contributed by atoms with van der Waals surface area (Å²) in [6.07, 6.45) is 2.33. The fourth-order valence-electron chi connectivity index (χ4n) is 2.76. The Kier molecular flexibility index (Phi) is 3.93. The summed E-state index contributed by atoms with van der Waals surface area (Å²) < 4.78 is 0. The fraction of sp³-hybridized carbons (Fsp3) is 0.571. The number of oxime groups is 1. The monoisotopic (exact) mass is 262 g/mol. The first-order valence-corrected chi connectivity index (χ1v) is 6.76. The van der Waals surface area contributed by atoms with E-state index in [2.05, 4.69) is 28.9 Å². The van der Waals surface area contributed by atoms with Crippen LogP contribution in [-0.4, -0.2) is 28.6 Å². The number of nitrogens with zero attached hydrogens (tertiary/aromatic N) is 3. The van der Waals surface area contributed by atoms with Crippen molar-refractivity contribution in [3.63, 3.8) is 0 Å². The fourth-order valence-corrected chi connectivity index (χ4v) is 2.76. The molecule has 104 valence electrons. The predicted octanol–water partition coefficient (Wildman–Crippen LogP) is 2.11. The molecule has 5 nitrogen and oxygen atoms in total. The van der Waals surface area contributed by atoms with Crippen LogP contribution in [0.2, 0.25) is 0 Å². The van der Waals surface area contributed by atoms with Crippen LogP contribution in [0.5, 0.6) is 0 Å². The summed E-state index contributed by atoms with van der Waals surface area (Å²) in [6.45, 7) is 7.38. The van der Waals surface area contributed by atoms with Crippen molar-refractivity contribution in [1.29, 1.82) is 0 Å². The molecule has 0 bridgehead atoms. The number of rotatable bonds is 3. The van der Waals surface area contributed by atoms with Crippen LogP contribution in [0.4, 0.5) is 5.82 Å². The van der Waals surface area contributed by atoms with Gasteiger partial charge in [-0.15, -0.1) is 0 Å². The van der Waals surface area contributed by atoms with Crippen molar-refractivity contribution in [2.75, 3.05) is 11.4 Å². The molecule has 5 heteroatoms. The topological polar surface area (TPSA) is 74.7 Å². The number of hydrogen-bond acceptors (Lipinski definition) is 4. The zero-order chi connectivity index (χ0) is 14.0. The predicted molar refractivity (Wildman–Crippen MR) is 76.7 cm³/mol. The van der Waals surface area contributed by atoms with Crippen molar-refractivity contribution in [2.45, 2.75) is 39.7 Å². The molecule has 1 aliphatic rings. The molecule has 0 spiro atoms. The smallest absolute Gasteiger partial charge is 0.173 e. The Morgan fingerprint density at radius 1 is 1.53 bits per heavy atom. The van der Waals surface area contributed by atoms with Crippen LogP contribution in [-0.2, 0) is 0 Å². The van der Waals surface area contributed by atoms with Crippen LogP contribution >= 0.6 is 0 Å². The first-order chi connectivity index (χ1) is 9.04. The van der Waals surface area contributed by atoms with Gasteiger partial charge in [0.25, 0.3) is 0 Å². The van der Waals surface area contributed by atoms with Gasteiger partial charge >= 0.3 is 0 Å². The van der Waals surface area contributed by atoms with E-state index in [9.17, 15) is 0 Å². The van der Waals surface area contributed by atoms with Crippen LogP contribution in [0.3, 0.4) is 0 Å². The van der Waals surface area contributed by atoms with Gasteiger partial charge in [-0.25, -0.2) is 4.98 Å². The second kappa shape index (κ2) is 5.47. The Labute approximate surface area is 114 Å². The van der Waals surface area contributed by atoms with Gasteiger partial charge in [-0.1, -0.05) is 19.0 Å². The van der Waals surface area contributed by atoms with Crippen LogP contribution in [0, 0.1) is 12.8 Å². The van der Waals surface area contributed by atoms with Gasteiger partial charge in [0, 0.05) is 18.3 Å². The summed E-state index contributed by atoms with van der Waals surface area (Å²) in [4.78, 5) is 6.91. The molecule has 19 heavy (non-hydrogen) atoms. The average Bonchev–Trinajstić information content (AvgIpc) is 2.87.